The van der Waals surface area contributed by atoms with E-state index in [1.54, 1.807) is 4.90 Å². The van der Waals surface area contributed by atoms with Crippen LogP contribution in [0.1, 0.15) is 26.3 Å². The first kappa shape index (κ1) is 12.6. The molecular formula is C14H19N3O. The number of nitrogens with zero attached hydrogens (tertiary/aromatic N) is 2. The monoisotopic (exact) mass is 245 g/mol. The maximum absolute atomic E-state index is 11.9. The van der Waals surface area contributed by atoms with Gasteiger partial charge in [-0.1, -0.05) is 30.3 Å². The molecule has 2 amide bonds. The molecule has 4 heteroatoms. The summed E-state index contributed by atoms with van der Waals surface area (Å²) in [6.07, 6.45) is 0.688. The summed E-state index contributed by atoms with van der Waals surface area (Å²) in [5.41, 5.74) is 6.60. The molecule has 18 heavy (non-hydrogen) atoms. The Bertz CT molecular complexity index is 481. The molecule has 0 saturated heterocycles. The maximum Gasteiger partial charge on any atom is 0.346 e. The van der Waals surface area contributed by atoms with Crippen LogP contribution in [0.4, 0.5) is 4.79 Å². The molecule has 0 radical (unpaired) electrons. The van der Waals surface area contributed by atoms with Crippen LogP contribution < -0.4 is 5.73 Å². The van der Waals surface area contributed by atoms with Gasteiger partial charge in [-0.05, 0) is 26.3 Å². The molecule has 4 nitrogen and oxygen atoms in total. The Morgan fingerprint density at radius 2 is 1.94 bits per heavy atom. The lowest BCUT2D eigenvalue weighted by Gasteiger charge is -2.37. The smallest absolute Gasteiger partial charge is 0.346 e. The van der Waals surface area contributed by atoms with Gasteiger partial charge in [0.1, 0.15) is 11.4 Å². The van der Waals surface area contributed by atoms with Gasteiger partial charge in [0.15, 0.2) is 0 Å². The third-order valence-corrected chi connectivity index (χ3v) is 3.41. The van der Waals surface area contributed by atoms with Gasteiger partial charge in [-0.3, -0.25) is 0 Å². The second kappa shape index (κ2) is 4.44. The average molecular weight is 245 g/mol. The van der Waals surface area contributed by atoms with E-state index in [4.69, 9.17) is 5.73 Å². The molecule has 1 aliphatic heterocycles. The molecule has 1 heterocycles. The molecule has 1 aliphatic rings. The highest BCUT2D eigenvalue weighted by Crippen LogP contribution is 2.29. The first-order valence-corrected chi connectivity index (χ1v) is 6.17. The van der Waals surface area contributed by atoms with Gasteiger partial charge >= 0.3 is 6.03 Å². The van der Waals surface area contributed by atoms with E-state index in [1.807, 2.05) is 51.1 Å². The number of carbonyl (C=O) groups excluding carboxylic acids is 1. The number of urea groups is 1. The second-order valence-corrected chi connectivity index (χ2v) is 5.18. The van der Waals surface area contributed by atoms with Crippen LogP contribution in [0.5, 0.6) is 0 Å². The Labute approximate surface area is 108 Å². The summed E-state index contributed by atoms with van der Waals surface area (Å²) in [5, 5.41) is 0. The molecule has 2 N–H and O–H groups in total. The molecule has 0 aliphatic carbocycles. The number of amidine groups is 1. The third kappa shape index (κ3) is 1.98. The van der Waals surface area contributed by atoms with Crippen molar-refractivity contribution >= 4 is 11.9 Å². The van der Waals surface area contributed by atoms with Crippen molar-refractivity contribution in [2.24, 2.45) is 10.7 Å². The van der Waals surface area contributed by atoms with Crippen LogP contribution in [0, 0.1) is 0 Å². The van der Waals surface area contributed by atoms with Gasteiger partial charge in [-0.15, -0.1) is 0 Å². The van der Waals surface area contributed by atoms with Crippen LogP contribution >= 0.6 is 0 Å². The molecule has 0 fully saturated rings. The van der Waals surface area contributed by atoms with Crippen LogP contribution in [-0.2, 0) is 6.42 Å². The number of nitrogens with two attached hydrogens (primary N) is 1. The number of carbonyl (C=O) groups is 1. The van der Waals surface area contributed by atoms with Crippen LogP contribution in [0.2, 0.25) is 0 Å². The largest absolute Gasteiger partial charge is 0.385 e. The number of aliphatic imine (C=N–C) groups is 1. The van der Waals surface area contributed by atoms with E-state index in [-0.39, 0.29) is 12.1 Å². The summed E-state index contributed by atoms with van der Waals surface area (Å²) in [6.45, 7) is 5.94. The lowest BCUT2D eigenvalue weighted by Crippen LogP contribution is -2.55. The summed E-state index contributed by atoms with van der Waals surface area (Å²) in [4.78, 5) is 17.6. The highest BCUT2D eigenvalue weighted by Gasteiger charge is 2.45. The summed E-state index contributed by atoms with van der Waals surface area (Å²) in [5.74, 6) is 0.407. The summed E-state index contributed by atoms with van der Waals surface area (Å²) < 4.78 is 0. The molecule has 1 unspecified atom stereocenters. The van der Waals surface area contributed by atoms with E-state index in [0.29, 0.717) is 12.3 Å². The zero-order valence-electron chi connectivity index (χ0n) is 11.1. The predicted octanol–water partition coefficient (Wildman–Crippen LogP) is 2.19. The lowest BCUT2D eigenvalue weighted by atomic mass is 9.90. The minimum atomic E-state index is -0.521. The van der Waals surface area contributed by atoms with Crippen LogP contribution in [-0.4, -0.2) is 28.3 Å². The molecule has 0 saturated carbocycles. The normalized spacial score (nSPS) is 23.7. The van der Waals surface area contributed by atoms with E-state index in [9.17, 15) is 4.79 Å². The van der Waals surface area contributed by atoms with Gasteiger partial charge in [0.05, 0.1) is 0 Å². The highest BCUT2D eigenvalue weighted by molar-refractivity contribution is 6.05. The Kier molecular flexibility index (Phi) is 3.11. The summed E-state index contributed by atoms with van der Waals surface area (Å²) in [7, 11) is 0. The van der Waals surface area contributed by atoms with Gasteiger partial charge in [0.2, 0.25) is 0 Å². The zero-order chi connectivity index (χ0) is 13.3. The van der Waals surface area contributed by atoms with E-state index in [1.165, 1.54) is 0 Å². The second-order valence-electron chi connectivity index (χ2n) is 5.18. The Morgan fingerprint density at radius 3 is 2.50 bits per heavy atom. The summed E-state index contributed by atoms with van der Waals surface area (Å²) in [6, 6.07) is 9.88. The number of benzene rings is 1. The highest BCUT2D eigenvalue weighted by atomic mass is 16.2. The zero-order valence-corrected chi connectivity index (χ0v) is 11.1. The van der Waals surface area contributed by atoms with Gasteiger partial charge in [0, 0.05) is 12.5 Å². The minimum Gasteiger partial charge on any atom is -0.385 e. The first-order chi connectivity index (χ1) is 8.45. The SMILES string of the molecule is CC(C)N1C(=O)N=C(N)C1(C)Cc1ccccc1. The molecule has 0 spiro atoms. The van der Waals surface area contributed by atoms with Gasteiger partial charge in [0.25, 0.3) is 0 Å². The van der Waals surface area contributed by atoms with E-state index < -0.39 is 5.54 Å². The number of hydrogen-bond donors (Lipinski definition) is 1. The number of rotatable bonds is 3. The first-order valence-electron chi connectivity index (χ1n) is 6.17. The van der Waals surface area contributed by atoms with Crippen molar-refractivity contribution in [3.63, 3.8) is 0 Å². The van der Waals surface area contributed by atoms with Crippen LogP contribution in [0.25, 0.3) is 0 Å². The Balaban J connectivity index is 2.33. The third-order valence-electron chi connectivity index (χ3n) is 3.41. The molecule has 1 atom stereocenters. The molecule has 2 rings (SSSR count). The Hall–Kier alpha value is -1.84. The van der Waals surface area contributed by atoms with Crippen molar-refractivity contribution in [3.8, 4) is 0 Å². The lowest BCUT2D eigenvalue weighted by molar-refractivity contribution is 0.155. The molecular weight excluding hydrogens is 226 g/mol. The standard InChI is InChI=1S/C14H19N3O/c1-10(2)17-13(18)16-12(15)14(17,3)9-11-7-5-4-6-8-11/h4-8,10H,9H2,1-3H3,(H2,15,16,18). The van der Waals surface area contributed by atoms with Crippen molar-refractivity contribution < 1.29 is 4.79 Å². The van der Waals surface area contributed by atoms with Crippen molar-refractivity contribution in [3.05, 3.63) is 35.9 Å². The fraction of sp³-hybridized carbons (Fsp3) is 0.429. The summed E-state index contributed by atoms with van der Waals surface area (Å²) >= 11 is 0. The Morgan fingerprint density at radius 1 is 1.33 bits per heavy atom. The number of hydrogen-bond acceptors (Lipinski definition) is 2. The minimum absolute atomic E-state index is 0.0796. The van der Waals surface area contributed by atoms with Gasteiger partial charge < -0.3 is 10.6 Å². The number of amides is 2. The van der Waals surface area contributed by atoms with Gasteiger partial charge in [-0.2, -0.15) is 4.99 Å². The van der Waals surface area contributed by atoms with E-state index in [0.717, 1.165) is 5.56 Å². The van der Waals surface area contributed by atoms with Crippen molar-refractivity contribution in [2.75, 3.05) is 0 Å². The van der Waals surface area contributed by atoms with Crippen LogP contribution in [0.3, 0.4) is 0 Å². The van der Waals surface area contributed by atoms with Crippen molar-refractivity contribution in [1.29, 1.82) is 0 Å². The van der Waals surface area contributed by atoms with Crippen molar-refractivity contribution in [1.82, 2.24) is 4.90 Å². The topological polar surface area (TPSA) is 58.7 Å². The molecule has 0 bridgehead atoms. The molecule has 0 aromatic heterocycles. The van der Waals surface area contributed by atoms with E-state index >= 15 is 0 Å². The van der Waals surface area contributed by atoms with Crippen LogP contribution in [0.15, 0.2) is 35.3 Å². The average Bonchev–Trinajstić information content (AvgIpc) is 2.50. The van der Waals surface area contributed by atoms with Gasteiger partial charge in [-0.25, -0.2) is 4.79 Å². The maximum atomic E-state index is 11.9. The molecule has 96 valence electrons. The van der Waals surface area contributed by atoms with Crippen molar-refractivity contribution in [2.45, 2.75) is 38.8 Å². The predicted molar refractivity (Wildman–Crippen MR) is 72.5 cm³/mol. The molecule has 1 aromatic carbocycles. The van der Waals surface area contributed by atoms with E-state index in [2.05, 4.69) is 4.99 Å². The fourth-order valence-corrected chi connectivity index (χ4v) is 2.57. The quantitative estimate of drug-likeness (QED) is 0.887. The fourth-order valence-electron chi connectivity index (χ4n) is 2.57. The molecule has 1 aromatic rings.